The lowest BCUT2D eigenvalue weighted by Gasteiger charge is -2.71. The van der Waals surface area contributed by atoms with Crippen LogP contribution in [-0.4, -0.2) is 303 Å². The van der Waals surface area contributed by atoms with E-state index in [0.29, 0.717) is 44.9 Å². The maximum Gasteiger partial charge on any atom is 0.315 e. The standard InChI is InChI=1S/C65H106O30/c1-25-36(68)41(73)46(78)54(86-25)93-51-30(22-67)89-53(50(82)45(51)77)84-23-31-39(71)44(76)49(81)57(90-31)95-59(83)65-18-16-60(3,4)20-28(65)27-10-11-34-62(7)14-13-35(61(5,6)33(62)12-15-64(34,9)63(27,8)17-19-65)92-58-52(94-55-47(79)42(74)37(69)26(2)87-55)40(72)32(24-85-58)91-56-48(80)43(75)38(70)29(21-66)88-56/h10,25-26,28-58,66-82H,11-24H2,1-9H3/t25-,26-,28-,29-,30+,31+,32-,33?,34?,35-,36-,37-,38-,39+,40-,41+,42+,43+,44-,45+,46+,47+,48-,49+,50+,51+,52+,53+,54-,55-,56+,57-,58-,62-,63+,64+,65-/m0/s1. The Hall–Kier alpha value is -1.91. The number of aliphatic hydroxyl groups excluding tert-OH is 17. The quantitative estimate of drug-likeness (QED) is 0.0426. The lowest BCUT2D eigenvalue weighted by Crippen LogP contribution is -2.66. The number of aliphatic hydroxyl groups is 17. The molecule has 5 aliphatic carbocycles. The maximum absolute atomic E-state index is 15.3. The van der Waals surface area contributed by atoms with Crippen LogP contribution in [0.3, 0.4) is 0 Å². The Balaban J connectivity index is 0.779. The van der Waals surface area contributed by atoms with E-state index >= 15 is 4.79 Å². The Bertz CT molecular complexity index is 2670. The summed E-state index contributed by atoms with van der Waals surface area (Å²) in [6.45, 7) is 16.2. The first-order chi connectivity index (χ1) is 44.5. The van der Waals surface area contributed by atoms with Gasteiger partial charge in [0.05, 0.1) is 50.2 Å². The van der Waals surface area contributed by atoms with Gasteiger partial charge in [-0.1, -0.05) is 60.1 Å². The van der Waals surface area contributed by atoms with Crippen molar-refractivity contribution in [1.29, 1.82) is 0 Å². The topological polar surface area (TPSA) is 472 Å². The largest absolute Gasteiger partial charge is 0.432 e. The minimum absolute atomic E-state index is 0.0735. The molecule has 6 heterocycles. The number of hydrogen-bond donors (Lipinski definition) is 17. The van der Waals surface area contributed by atoms with Crippen LogP contribution in [0.5, 0.6) is 0 Å². The molecule has 11 rings (SSSR count). The van der Waals surface area contributed by atoms with Crippen molar-refractivity contribution in [2.24, 2.45) is 50.2 Å². The second kappa shape index (κ2) is 27.7. The van der Waals surface area contributed by atoms with Gasteiger partial charge in [-0.15, -0.1) is 0 Å². The van der Waals surface area contributed by atoms with Crippen molar-refractivity contribution in [2.45, 2.75) is 311 Å². The summed E-state index contributed by atoms with van der Waals surface area (Å²) in [6, 6.07) is 0. The van der Waals surface area contributed by atoms with Gasteiger partial charge in [0, 0.05) is 0 Å². The number of carbonyl (C=O) groups is 1. The lowest BCUT2D eigenvalue weighted by molar-refractivity contribution is -0.380. The Morgan fingerprint density at radius 3 is 1.63 bits per heavy atom. The van der Waals surface area contributed by atoms with Crippen molar-refractivity contribution < 1.29 is 148 Å². The zero-order valence-corrected chi connectivity index (χ0v) is 55.4. The van der Waals surface area contributed by atoms with Crippen LogP contribution in [-0.2, 0) is 61.6 Å². The SMILES string of the molecule is C[C@@H]1O[C@@H](O[C@H]2[C@H](O[C@H]3CC[C@@]4(C)C(CC[C@]5(C)C4CC=C4[C@@H]6CC(C)(C)CC[C@]6(C(=O)O[C@@H]6O[C@H](CO[C@@H]7O[C@H](CO)[C@@H](O[C@@H]8O[C@@H](C)[C@H](O)[C@@H](O)[C@H]8O)[C@H](O)[C@H]7O)[C@@H](O)[C@H](O)[C@H]6O)CC[C@]45C)C3(C)C)OC[C@H](O[C@H]3O[C@@H](CO)[C@H](O)[C@@H](O)[C@@H]3O)[C@@H]2O)[C@H](O)[C@H](O)[C@H]1O. The van der Waals surface area contributed by atoms with E-state index in [4.69, 9.17) is 56.8 Å². The zero-order chi connectivity index (χ0) is 69.3. The molecular weight excluding hydrogens is 1260 g/mol. The molecule has 0 amide bonds. The number of carbonyl (C=O) groups excluding carboxylic acids is 1. The molecule has 37 atom stereocenters. The van der Waals surface area contributed by atoms with Crippen molar-refractivity contribution in [1.82, 2.24) is 0 Å². The molecule has 11 aliphatic rings. The highest BCUT2D eigenvalue weighted by molar-refractivity contribution is 5.79. The Kier molecular flexibility index (Phi) is 21.7. The van der Waals surface area contributed by atoms with Gasteiger partial charge in [0.15, 0.2) is 31.5 Å². The molecule has 30 nitrogen and oxygen atoms in total. The minimum Gasteiger partial charge on any atom is -0.432 e. The Morgan fingerprint density at radius 2 is 1.02 bits per heavy atom. The fourth-order valence-electron chi connectivity index (χ4n) is 19.0. The lowest BCUT2D eigenvalue weighted by atomic mass is 9.33. The van der Waals surface area contributed by atoms with Crippen molar-refractivity contribution in [3.8, 4) is 0 Å². The number of fused-ring (bicyclic) bond motifs is 7. The average molecular weight is 1370 g/mol. The molecule has 95 heavy (non-hydrogen) atoms. The average Bonchev–Trinajstić information content (AvgIpc) is 0.677. The summed E-state index contributed by atoms with van der Waals surface area (Å²) < 4.78 is 72.0. The van der Waals surface area contributed by atoms with E-state index in [1.165, 1.54) is 19.4 Å². The third kappa shape index (κ3) is 12.9. The highest BCUT2D eigenvalue weighted by Gasteiger charge is 2.71. The summed E-state index contributed by atoms with van der Waals surface area (Å²) in [6.07, 6.45) is -38.3. The monoisotopic (exact) mass is 1370 g/mol. The minimum atomic E-state index is -1.91. The number of ether oxygens (including phenoxy) is 12. The van der Waals surface area contributed by atoms with Gasteiger partial charge in [0.2, 0.25) is 6.29 Å². The fraction of sp³-hybridized carbons (Fsp3) is 0.954. The van der Waals surface area contributed by atoms with Crippen LogP contribution in [0.4, 0.5) is 0 Å². The van der Waals surface area contributed by atoms with Crippen LogP contribution < -0.4 is 0 Å². The zero-order valence-electron chi connectivity index (χ0n) is 55.4. The van der Waals surface area contributed by atoms with Gasteiger partial charge in [-0.05, 0) is 123 Å². The van der Waals surface area contributed by atoms with E-state index in [0.717, 1.165) is 19.3 Å². The molecule has 0 aromatic carbocycles. The van der Waals surface area contributed by atoms with Crippen molar-refractivity contribution in [3.05, 3.63) is 11.6 Å². The van der Waals surface area contributed by atoms with Gasteiger partial charge in [0.25, 0.3) is 0 Å². The van der Waals surface area contributed by atoms with Crippen LogP contribution in [0, 0.1) is 50.2 Å². The molecule has 0 aromatic heterocycles. The van der Waals surface area contributed by atoms with E-state index in [9.17, 15) is 86.8 Å². The summed E-state index contributed by atoms with van der Waals surface area (Å²) >= 11 is 0. The van der Waals surface area contributed by atoms with Crippen LogP contribution in [0.15, 0.2) is 11.6 Å². The number of allylic oxidation sites excluding steroid dienone is 2. The number of hydrogen-bond acceptors (Lipinski definition) is 30. The van der Waals surface area contributed by atoms with Crippen LogP contribution in [0.1, 0.15) is 127 Å². The molecule has 6 aliphatic heterocycles. The predicted octanol–water partition coefficient (Wildman–Crippen LogP) is -3.69. The highest BCUT2D eigenvalue weighted by atomic mass is 16.8. The van der Waals surface area contributed by atoms with E-state index in [-0.39, 0.29) is 40.6 Å². The van der Waals surface area contributed by atoms with Crippen LogP contribution in [0.25, 0.3) is 0 Å². The van der Waals surface area contributed by atoms with Crippen LogP contribution in [0.2, 0.25) is 0 Å². The first-order valence-electron chi connectivity index (χ1n) is 34.0. The van der Waals surface area contributed by atoms with E-state index in [2.05, 4.69) is 54.5 Å². The van der Waals surface area contributed by atoms with Gasteiger partial charge in [0.1, 0.15) is 128 Å². The van der Waals surface area contributed by atoms with Gasteiger partial charge in [-0.25, -0.2) is 0 Å². The number of esters is 1. The molecule has 17 N–H and O–H groups in total. The molecule has 2 unspecified atom stereocenters. The third-order valence-corrected chi connectivity index (χ3v) is 25.2. The van der Waals surface area contributed by atoms with Crippen LogP contribution >= 0.6 is 0 Å². The molecule has 4 saturated carbocycles. The normalized spacial score (nSPS) is 54.6. The predicted molar refractivity (Wildman–Crippen MR) is 319 cm³/mol. The molecule has 6 saturated heterocycles. The highest BCUT2D eigenvalue weighted by Crippen LogP contribution is 2.76. The summed E-state index contributed by atoms with van der Waals surface area (Å²) in [4.78, 5) is 15.3. The maximum atomic E-state index is 15.3. The smallest absolute Gasteiger partial charge is 0.315 e. The molecule has 0 radical (unpaired) electrons. The molecule has 10 fully saturated rings. The van der Waals surface area contributed by atoms with Crippen molar-refractivity contribution >= 4 is 5.97 Å². The molecule has 0 spiro atoms. The van der Waals surface area contributed by atoms with Gasteiger partial charge in [-0.2, -0.15) is 0 Å². The van der Waals surface area contributed by atoms with Gasteiger partial charge < -0.3 is 144 Å². The summed E-state index contributed by atoms with van der Waals surface area (Å²) in [5.74, 6) is -0.696. The fourth-order valence-corrected chi connectivity index (χ4v) is 19.0. The Labute approximate surface area is 551 Å². The molecule has 0 bridgehead atoms. The first kappa shape index (κ1) is 74.3. The molecule has 0 aromatic rings. The molecule has 546 valence electrons. The summed E-state index contributed by atoms with van der Waals surface area (Å²) in [5.41, 5.74) is -1.58. The first-order valence-corrected chi connectivity index (χ1v) is 34.0. The second-order valence-corrected chi connectivity index (χ2v) is 31.4. The van der Waals surface area contributed by atoms with Gasteiger partial charge >= 0.3 is 5.97 Å². The Morgan fingerprint density at radius 1 is 0.495 bits per heavy atom. The van der Waals surface area contributed by atoms with Gasteiger partial charge in [-0.3, -0.25) is 4.79 Å². The third-order valence-electron chi connectivity index (χ3n) is 25.2. The van der Waals surface area contributed by atoms with E-state index in [1.807, 2.05) is 0 Å². The van der Waals surface area contributed by atoms with E-state index < -0.39 is 226 Å². The molecular formula is C65H106O30. The second-order valence-electron chi connectivity index (χ2n) is 31.4. The summed E-state index contributed by atoms with van der Waals surface area (Å²) in [5, 5.41) is 184. The number of rotatable bonds is 15. The van der Waals surface area contributed by atoms with E-state index in [1.54, 1.807) is 0 Å². The van der Waals surface area contributed by atoms with Crippen molar-refractivity contribution in [3.63, 3.8) is 0 Å². The van der Waals surface area contributed by atoms with Crippen molar-refractivity contribution in [2.75, 3.05) is 26.4 Å². The molecule has 30 heteroatoms. The summed E-state index contributed by atoms with van der Waals surface area (Å²) in [7, 11) is 0.